The van der Waals surface area contributed by atoms with Crippen molar-refractivity contribution in [1.29, 1.82) is 0 Å². The van der Waals surface area contributed by atoms with Gasteiger partial charge in [-0.3, -0.25) is 14.9 Å². The maximum atomic E-state index is 12.2. The molecule has 0 saturated carbocycles. The lowest BCUT2D eigenvalue weighted by Gasteiger charge is -2.20. The average molecular weight is 412 g/mol. The normalized spacial score (nSPS) is 13.7. The van der Waals surface area contributed by atoms with Crippen molar-refractivity contribution in [2.75, 3.05) is 13.7 Å². The monoisotopic (exact) mass is 412 g/mol. The standard InChI is InChI=1S/C22H24N2O6/c1-14(16-8-7-15-5-3-4-6-17(15)11-16)23-21(25)13-30-22(26)18-9-10-20(29-2)19(12-18)24(27)28/h7-12,14H,3-6,13H2,1-2H3,(H,23,25)/t14-/m1/s1. The molecule has 8 nitrogen and oxygen atoms in total. The smallest absolute Gasteiger partial charge is 0.338 e. The van der Waals surface area contributed by atoms with Crippen LogP contribution in [0.15, 0.2) is 36.4 Å². The summed E-state index contributed by atoms with van der Waals surface area (Å²) in [4.78, 5) is 34.8. The summed E-state index contributed by atoms with van der Waals surface area (Å²) in [5, 5.41) is 13.9. The topological polar surface area (TPSA) is 108 Å². The van der Waals surface area contributed by atoms with Crippen molar-refractivity contribution in [3.05, 3.63) is 68.8 Å². The van der Waals surface area contributed by atoms with Crippen LogP contribution in [0.4, 0.5) is 5.69 Å². The molecule has 1 amide bonds. The van der Waals surface area contributed by atoms with Crippen molar-refractivity contribution < 1.29 is 24.0 Å². The molecule has 0 aliphatic heterocycles. The highest BCUT2D eigenvalue weighted by atomic mass is 16.6. The Labute approximate surface area is 174 Å². The number of benzene rings is 2. The molecule has 1 atom stereocenters. The molecule has 2 aromatic rings. The van der Waals surface area contributed by atoms with E-state index in [0.717, 1.165) is 24.5 Å². The SMILES string of the molecule is COc1ccc(C(=O)OCC(=O)N[C@H](C)c2ccc3c(c2)CCCC3)cc1[N+](=O)[O-]. The predicted octanol–water partition coefficient (Wildman–Crippen LogP) is 3.52. The molecule has 2 aromatic carbocycles. The number of nitrogens with zero attached hydrogens (tertiary/aromatic N) is 1. The second kappa shape index (κ2) is 9.39. The lowest BCUT2D eigenvalue weighted by Crippen LogP contribution is -2.31. The molecule has 0 radical (unpaired) electrons. The number of methoxy groups -OCH3 is 1. The Morgan fingerprint density at radius 2 is 1.87 bits per heavy atom. The fraction of sp³-hybridized carbons (Fsp3) is 0.364. The zero-order chi connectivity index (χ0) is 21.7. The van der Waals surface area contributed by atoms with Crippen LogP contribution in [0.2, 0.25) is 0 Å². The van der Waals surface area contributed by atoms with Crippen LogP contribution in [0.1, 0.15) is 52.9 Å². The molecule has 0 bridgehead atoms. The molecule has 158 valence electrons. The lowest BCUT2D eigenvalue weighted by atomic mass is 9.89. The zero-order valence-corrected chi connectivity index (χ0v) is 17.0. The van der Waals surface area contributed by atoms with Gasteiger partial charge in [-0.1, -0.05) is 18.2 Å². The summed E-state index contributed by atoms with van der Waals surface area (Å²) < 4.78 is 9.91. The third kappa shape index (κ3) is 4.94. The number of nitro groups is 1. The van der Waals surface area contributed by atoms with Crippen molar-refractivity contribution >= 4 is 17.6 Å². The first-order valence-electron chi connectivity index (χ1n) is 9.79. The van der Waals surface area contributed by atoms with Crippen molar-refractivity contribution in [3.63, 3.8) is 0 Å². The summed E-state index contributed by atoms with van der Waals surface area (Å²) in [5.74, 6) is -1.23. The maximum absolute atomic E-state index is 12.2. The van der Waals surface area contributed by atoms with E-state index in [2.05, 4.69) is 17.4 Å². The highest BCUT2D eigenvalue weighted by molar-refractivity contribution is 5.92. The van der Waals surface area contributed by atoms with E-state index in [4.69, 9.17) is 9.47 Å². The number of rotatable bonds is 7. The Morgan fingerprint density at radius 3 is 2.57 bits per heavy atom. The third-order valence-electron chi connectivity index (χ3n) is 5.20. The van der Waals surface area contributed by atoms with E-state index in [1.165, 1.54) is 43.2 Å². The molecule has 0 aromatic heterocycles. The minimum atomic E-state index is -0.822. The van der Waals surface area contributed by atoms with Gasteiger partial charge in [-0.25, -0.2) is 4.79 Å². The van der Waals surface area contributed by atoms with Gasteiger partial charge >= 0.3 is 11.7 Å². The summed E-state index contributed by atoms with van der Waals surface area (Å²) in [6.45, 7) is 1.39. The summed E-state index contributed by atoms with van der Waals surface area (Å²) in [6, 6.07) is 9.75. The Balaban J connectivity index is 1.57. The number of fused-ring (bicyclic) bond motifs is 1. The van der Waals surface area contributed by atoms with E-state index in [1.807, 2.05) is 13.0 Å². The molecule has 0 unspecified atom stereocenters. The summed E-state index contributed by atoms with van der Waals surface area (Å²) in [7, 11) is 1.30. The number of carbonyl (C=O) groups is 2. The first-order valence-corrected chi connectivity index (χ1v) is 9.79. The minimum absolute atomic E-state index is 0.0296. The number of hydrogen-bond donors (Lipinski definition) is 1. The van der Waals surface area contributed by atoms with Crippen LogP contribution in [0.5, 0.6) is 5.75 Å². The molecule has 1 N–H and O–H groups in total. The van der Waals surface area contributed by atoms with Gasteiger partial charge in [-0.2, -0.15) is 0 Å². The van der Waals surface area contributed by atoms with Crippen molar-refractivity contribution in [1.82, 2.24) is 5.32 Å². The molecule has 8 heteroatoms. The first kappa shape index (κ1) is 21.3. The number of hydrogen-bond acceptors (Lipinski definition) is 6. The molecular formula is C22H24N2O6. The van der Waals surface area contributed by atoms with Crippen LogP contribution in [-0.2, 0) is 22.4 Å². The van der Waals surface area contributed by atoms with Gasteiger partial charge in [0.05, 0.1) is 23.6 Å². The second-order valence-corrected chi connectivity index (χ2v) is 7.24. The number of esters is 1. The van der Waals surface area contributed by atoms with Crippen LogP contribution in [0.25, 0.3) is 0 Å². The average Bonchev–Trinajstić information content (AvgIpc) is 2.76. The summed E-state index contributed by atoms with van der Waals surface area (Å²) in [6.07, 6.45) is 4.53. The molecule has 0 heterocycles. The minimum Gasteiger partial charge on any atom is -0.490 e. The zero-order valence-electron chi connectivity index (χ0n) is 17.0. The molecule has 30 heavy (non-hydrogen) atoms. The predicted molar refractivity (Wildman–Crippen MR) is 110 cm³/mol. The molecule has 0 fully saturated rings. The fourth-order valence-corrected chi connectivity index (χ4v) is 3.56. The Morgan fingerprint density at radius 1 is 1.13 bits per heavy atom. The van der Waals surface area contributed by atoms with E-state index < -0.39 is 23.4 Å². The maximum Gasteiger partial charge on any atom is 0.338 e. The van der Waals surface area contributed by atoms with Gasteiger partial charge in [0.25, 0.3) is 5.91 Å². The highest BCUT2D eigenvalue weighted by Crippen LogP contribution is 2.28. The summed E-state index contributed by atoms with van der Waals surface area (Å²) in [5.41, 5.74) is 3.31. The van der Waals surface area contributed by atoms with Crippen LogP contribution in [-0.4, -0.2) is 30.5 Å². The van der Waals surface area contributed by atoms with E-state index in [0.29, 0.717) is 0 Å². The molecule has 0 spiro atoms. The van der Waals surface area contributed by atoms with E-state index in [9.17, 15) is 19.7 Å². The molecular weight excluding hydrogens is 388 g/mol. The lowest BCUT2D eigenvalue weighted by molar-refractivity contribution is -0.385. The number of amides is 1. The number of aryl methyl sites for hydroxylation is 2. The van der Waals surface area contributed by atoms with Crippen LogP contribution < -0.4 is 10.1 Å². The first-order chi connectivity index (χ1) is 14.4. The van der Waals surface area contributed by atoms with Gasteiger partial charge in [0, 0.05) is 6.07 Å². The Hall–Kier alpha value is -3.42. The largest absolute Gasteiger partial charge is 0.490 e. The van der Waals surface area contributed by atoms with Gasteiger partial charge in [-0.15, -0.1) is 0 Å². The molecule has 1 aliphatic carbocycles. The quantitative estimate of drug-likeness (QED) is 0.424. The number of carbonyl (C=O) groups excluding carboxylic acids is 2. The van der Waals surface area contributed by atoms with Crippen LogP contribution in [0.3, 0.4) is 0 Å². The molecule has 0 saturated heterocycles. The summed E-state index contributed by atoms with van der Waals surface area (Å²) >= 11 is 0. The third-order valence-corrected chi connectivity index (χ3v) is 5.20. The Kier molecular flexibility index (Phi) is 6.66. The van der Waals surface area contributed by atoms with Crippen LogP contribution >= 0.6 is 0 Å². The number of nitro benzene ring substituents is 1. The van der Waals surface area contributed by atoms with E-state index in [-0.39, 0.29) is 23.0 Å². The molecule has 3 rings (SSSR count). The number of ether oxygens (including phenoxy) is 2. The van der Waals surface area contributed by atoms with Crippen molar-refractivity contribution in [2.45, 2.75) is 38.6 Å². The molecule has 1 aliphatic rings. The van der Waals surface area contributed by atoms with Gasteiger partial charge in [0.1, 0.15) is 0 Å². The van der Waals surface area contributed by atoms with E-state index in [1.54, 1.807) is 0 Å². The fourth-order valence-electron chi connectivity index (χ4n) is 3.56. The van der Waals surface area contributed by atoms with Gasteiger partial charge in [-0.05, 0) is 61.4 Å². The second-order valence-electron chi connectivity index (χ2n) is 7.24. The van der Waals surface area contributed by atoms with Crippen molar-refractivity contribution in [2.24, 2.45) is 0 Å². The Bertz CT molecular complexity index is 972. The van der Waals surface area contributed by atoms with E-state index >= 15 is 0 Å². The van der Waals surface area contributed by atoms with Gasteiger partial charge in [0.2, 0.25) is 0 Å². The van der Waals surface area contributed by atoms with Crippen molar-refractivity contribution in [3.8, 4) is 5.75 Å². The number of nitrogens with one attached hydrogen (secondary N) is 1. The van der Waals surface area contributed by atoms with Gasteiger partial charge in [0.15, 0.2) is 12.4 Å². The van der Waals surface area contributed by atoms with Crippen LogP contribution in [0, 0.1) is 10.1 Å². The van der Waals surface area contributed by atoms with Gasteiger partial charge < -0.3 is 14.8 Å². The highest BCUT2D eigenvalue weighted by Gasteiger charge is 2.20.